The highest BCUT2D eigenvalue weighted by Crippen LogP contribution is 2.39. The molecule has 0 bridgehead atoms. The van der Waals surface area contributed by atoms with Crippen molar-refractivity contribution in [3.8, 4) is 0 Å². The molecule has 2 rings (SSSR count). The largest absolute Gasteiger partial charge is 0.392 e. The maximum Gasteiger partial charge on any atom is 0.123 e. The van der Waals surface area contributed by atoms with Crippen molar-refractivity contribution in [2.75, 3.05) is 0 Å². The van der Waals surface area contributed by atoms with Crippen LogP contribution >= 0.6 is 0 Å². The van der Waals surface area contributed by atoms with E-state index in [9.17, 15) is 9.50 Å². The summed E-state index contributed by atoms with van der Waals surface area (Å²) in [5.41, 5.74) is 1.46. The van der Waals surface area contributed by atoms with Gasteiger partial charge in [0, 0.05) is 0 Å². The summed E-state index contributed by atoms with van der Waals surface area (Å²) in [7, 11) is 0. The van der Waals surface area contributed by atoms with Gasteiger partial charge in [0.05, 0.1) is 6.10 Å². The fourth-order valence-electron chi connectivity index (χ4n) is 2.84. The molecule has 1 saturated carbocycles. The van der Waals surface area contributed by atoms with Gasteiger partial charge < -0.3 is 5.11 Å². The van der Waals surface area contributed by atoms with Crippen molar-refractivity contribution >= 4 is 0 Å². The molecule has 0 aliphatic heterocycles. The Morgan fingerprint density at radius 3 is 2.33 bits per heavy atom. The van der Waals surface area contributed by atoms with Crippen LogP contribution in [0.15, 0.2) is 24.3 Å². The van der Waals surface area contributed by atoms with E-state index in [1.807, 2.05) is 0 Å². The Kier molecular flexibility index (Phi) is 4.06. The van der Waals surface area contributed by atoms with Crippen LogP contribution in [0.5, 0.6) is 0 Å². The Morgan fingerprint density at radius 2 is 1.78 bits per heavy atom. The molecule has 1 nitrogen and oxygen atoms in total. The zero-order valence-corrected chi connectivity index (χ0v) is 11.3. The fraction of sp³-hybridized carbons (Fsp3) is 0.625. The second-order valence-corrected chi connectivity index (χ2v) is 6.40. The number of aliphatic hydroxyl groups is 1. The van der Waals surface area contributed by atoms with Gasteiger partial charge in [-0.25, -0.2) is 4.39 Å². The lowest BCUT2D eigenvalue weighted by molar-refractivity contribution is 0.0576. The van der Waals surface area contributed by atoms with Gasteiger partial charge in [0.15, 0.2) is 0 Å². The predicted octanol–water partition coefficient (Wildman–Crippen LogP) is 3.95. The van der Waals surface area contributed by atoms with Gasteiger partial charge in [0.1, 0.15) is 5.82 Å². The first-order chi connectivity index (χ1) is 8.46. The van der Waals surface area contributed by atoms with Crippen LogP contribution < -0.4 is 0 Å². The van der Waals surface area contributed by atoms with Crippen molar-refractivity contribution in [3.05, 3.63) is 35.6 Å². The number of rotatable bonds is 3. The Hall–Kier alpha value is -0.890. The molecular formula is C16H23FO. The average molecular weight is 250 g/mol. The van der Waals surface area contributed by atoms with Crippen LogP contribution in [0.2, 0.25) is 0 Å². The molecule has 0 aromatic heterocycles. The summed E-state index contributed by atoms with van der Waals surface area (Å²) in [6, 6.07) is 6.47. The fourth-order valence-corrected chi connectivity index (χ4v) is 2.84. The molecule has 1 aliphatic carbocycles. The summed E-state index contributed by atoms with van der Waals surface area (Å²) in [6.45, 7) is 4.60. The maximum absolute atomic E-state index is 12.8. The van der Waals surface area contributed by atoms with Crippen LogP contribution in [0.4, 0.5) is 4.39 Å². The van der Waals surface area contributed by atoms with E-state index in [0.717, 1.165) is 18.4 Å². The molecule has 0 saturated heterocycles. The average Bonchev–Trinajstić information content (AvgIpc) is 2.32. The van der Waals surface area contributed by atoms with Gasteiger partial charge in [-0.1, -0.05) is 26.0 Å². The number of benzene rings is 1. The standard InChI is InChI=1S/C16H23FO/c1-16(2)9-7-13(8-10-16)15(18)11-12-3-5-14(17)6-4-12/h3-6,13,15,18H,7-11H2,1-2H3. The summed E-state index contributed by atoms with van der Waals surface area (Å²) in [5, 5.41) is 10.3. The molecule has 0 amide bonds. The summed E-state index contributed by atoms with van der Waals surface area (Å²) in [4.78, 5) is 0. The van der Waals surface area contributed by atoms with E-state index in [4.69, 9.17) is 0 Å². The van der Waals surface area contributed by atoms with E-state index in [2.05, 4.69) is 13.8 Å². The molecule has 1 unspecified atom stereocenters. The van der Waals surface area contributed by atoms with Crippen molar-refractivity contribution in [1.29, 1.82) is 0 Å². The predicted molar refractivity (Wildman–Crippen MR) is 71.8 cm³/mol. The van der Waals surface area contributed by atoms with Crippen molar-refractivity contribution < 1.29 is 9.50 Å². The summed E-state index contributed by atoms with van der Waals surface area (Å²) >= 11 is 0. The minimum Gasteiger partial charge on any atom is -0.392 e. The SMILES string of the molecule is CC1(C)CCC(C(O)Cc2ccc(F)cc2)CC1. The smallest absolute Gasteiger partial charge is 0.123 e. The molecule has 0 radical (unpaired) electrons. The molecule has 100 valence electrons. The van der Waals surface area contributed by atoms with E-state index in [0.29, 0.717) is 17.8 Å². The van der Waals surface area contributed by atoms with E-state index in [-0.39, 0.29) is 11.9 Å². The van der Waals surface area contributed by atoms with E-state index >= 15 is 0 Å². The van der Waals surface area contributed by atoms with Crippen molar-refractivity contribution in [2.24, 2.45) is 11.3 Å². The number of hydrogen-bond donors (Lipinski definition) is 1. The molecule has 1 aromatic rings. The molecule has 18 heavy (non-hydrogen) atoms. The van der Waals surface area contributed by atoms with Crippen molar-refractivity contribution in [2.45, 2.75) is 52.1 Å². The molecule has 1 fully saturated rings. The molecule has 0 heterocycles. The summed E-state index contributed by atoms with van der Waals surface area (Å²) in [6.07, 6.45) is 4.96. The minimum absolute atomic E-state index is 0.215. The summed E-state index contributed by atoms with van der Waals surface area (Å²) in [5.74, 6) is 0.190. The topological polar surface area (TPSA) is 20.2 Å². The van der Waals surface area contributed by atoms with Gasteiger partial charge in [-0.3, -0.25) is 0 Å². The van der Waals surface area contributed by atoms with Crippen molar-refractivity contribution in [1.82, 2.24) is 0 Å². The van der Waals surface area contributed by atoms with Gasteiger partial charge in [-0.2, -0.15) is 0 Å². The maximum atomic E-state index is 12.8. The minimum atomic E-state index is -0.286. The Labute approximate surface area is 109 Å². The van der Waals surface area contributed by atoms with E-state index in [1.54, 1.807) is 12.1 Å². The third-order valence-corrected chi connectivity index (χ3v) is 4.29. The normalized spacial score (nSPS) is 21.8. The Balaban J connectivity index is 1.89. The molecule has 1 aliphatic rings. The first kappa shape index (κ1) is 13.5. The van der Waals surface area contributed by atoms with Crippen LogP contribution in [0, 0.1) is 17.2 Å². The molecule has 2 heteroatoms. The second kappa shape index (κ2) is 5.40. The highest BCUT2D eigenvalue weighted by atomic mass is 19.1. The zero-order valence-electron chi connectivity index (χ0n) is 11.3. The van der Waals surface area contributed by atoms with Crippen LogP contribution in [0.3, 0.4) is 0 Å². The third-order valence-electron chi connectivity index (χ3n) is 4.29. The Morgan fingerprint density at radius 1 is 1.22 bits per heavy atom. The number of halogens is 1. The van der Waals surface area contributed by atoms with E-state index in [1.165, 1.54) is 25.0 Å². The zero-order chi connectivity index (χ0) is 13.2. The lowest BCUT2D eigenvalue weighted by Gasteiger charge is -2.36. The molecule has 0 spiro atoms. The first-order valence-corrected chi connectivity index (χ1v) is 6.89. The van der Waals surface area contributed by atoms with Gasteiger partial charge >= 0.3 is 0 Å². The van der Waals surface area contributed by atoms with Gasteiger partial charge in [-0.05, 0) is 61.1 Å². The Bertz CT molecular complexity index is 373. The first-order valence-electron chi connectivity index (χ1n) is 6.89. The van der Waals surface area contributed by atoms with Crippen LogP contribution in [0.25, 0.3) is 0 Å². The number of hydrogen-bond acceptors (Lipinski definition) is 1. The van der Waals surface area contributed by atoms with Crippen LogP contribution in [0.1, 0.15) is 45.1 Å². The highest BCUT2D eigenvalue weighted by molar-refractivity contribution is 5.17. The van der Waals surface area contributed by atoms with E-state index < -0.39 is 0 Å². The van der Waals surface area contributed by atoms with Crippen LogP contribution in [-0.2, 0) is 6.42 Å². The summed E-state index contributed by atoms with van der Waals surface area (Å²) < 4.78 is 12.8. The van der Waals surface area contributed by atoms with Gasteiger partial charge in [0.2, 0.25) is 0 Å². The molecule has 1 atom stereocenters. The number of aliphatic hydroxyl groups excluding tert-OH is 1. The van der Waals surface area contributed by atoms with Gasteiger partial charge in [-0.15, -0.1) is 0 Å². The lowest BCUT2D eigenvalue weighted by Crippen LogP contribution is -2.30. The molecule has 1 aromatic carbocycles. The lowest BCUT2D eigenvalue weighted by atomic mass is 9.71. The monoisotopic (exact) mass is 250 g/mol. The van der Waals surface area contributed by atoms with Gasteiger partial charge in [0.25, 0.3) is 0 Å². The van der Waals surface area contributed by atoms with Crippen LogP contribution in [-0.4, -0.2) is 11.2 Å². The highest BCUT2D eigenvalue weighted by Gasteiger charge is 2.30. The quantitative estimate of drug-likeness (QED) is 0.861. The molecular weight excluding hydrogens is 227 g/mol. The molecule has 1 N–H and O–H groups in total. The third kappa shape index (κ3) is 3.55. The van der Waals surface area contributed by atoms with Crippen molar-refractivity contribution in [3.63, 3.8) is 0 Å². The second-order valence-electron chi connectivity index (χ2n) is 6.40.